The monoisotopic (exact) mass is 538 g/mol. The van der Waals surface area contributed by atoms with Crippen LogP contribution in [0.1, 0.15) is 28.7 Å². The first kappa shape index (κ1) is 28.2. The van der Waals surface area contributed by atoms with Gasteiger partial charge in [-0.3, -0.25) is 0 Å². The summed E-state index contributed by atoms with van der Waals surface area (Å²) in [7, 11) is 0. The number of hydrogen-bond donors (Lipinski definition) is 1. The summed E-state index contributed by atoms with van der Waals surface area (Å²) in [4.78, 5) is 0. The highest BCUT2D eigenvalue weighted by atomic mass is 16.6. The van der Waals surface area contributed by atoms with E-state index in [1.54, 1.807) is 0 Å². The quantitative estimate of drug-likeness (QED) is 0.215. The predicted molar refractivity (Wildman–Crippen MR) is 155 cm³/mol. The van der Waals surface area contributed by atoms with Crippen molar-refractivity contribution in [3.8, 4) is 0 Å². The zero-order valence-electron chi connectivity index (χ0n) is 22.8. The zero-order chi connectivity index (χ0) is 27.4. The molecule has 1 aliphatic carbocycles. The minimum atomic E-state index is -0.716. The van der Waals surface area contributed by atoms with E-state index in [2.05, 4.69) is 24.3 Å². The van der Waals surface area contributed by atoms with Gasteiger partial charge in [0.05, 0.1) is 45.2 Å². The Morgan fingerprint density at radius 2 is 0.850 bits per heavy atom. The Bertz CT molecular complexity index is 1240. The largest absolute Gasteiger partial charge is 0.390 e. The van der Waals surface area contributed by atoms with Crippen LogP contribution in [0.3, 0.4) is 0 Å². The van der Waals surface area contributed by atoms with Gasteiger partial charge in [-0.25, -0.2) is 0 Å². The molecule has 0 aliphatic heterocycles. The van der Waals surface area contributed by atoms with Crippen LogP contribution in [0, 0.1) is 5.92 Å². The van der Waals surface area contributed by atoms with Crippen molar-refractivity contribution in [2.24, 2.45) is 5.92 Å². The molecule has 5 atom stereocenters. The Morgan fingerprint density at radius 1 is 0.475 bits per heavy atom. The molecule has 5 rings (SSSR count). The number of aliphatic hydroxyl groups is 1. The molecule has 1 N–H and O–H groups in total. The maximum Gasteiger partial charge on any atom is 0.113 e. The summed E-state index contributed by atoms with van der Waals surface area (Å²) in [5.74, 6) is -0.0697. The molecule has 40 heavy (non-hydrogen) atoms. The average Bonchev–Trinajstić information content (AvgIpc) is 3.01. The summed E-state index contributed by atoms with van der Waals surface area (Å²) in [6.07, 6.45) is -1.58. The molecular weight excluding hydrogens is 500 g/mol. The molecule has 5 heteroatoms. The molecule has 5 nitrogen and oxygen atoms in total. The second-order valence-electron chi connectivity index (χ2n) is 10.3. The van der Waals surface area contributed by atoms with Crippen LogP contribution < -0.4 is 0 Å². The van der Waals surface area contributed by atoms with E-state index in [1.807, 2.05) is 97.1 Å². The Morgan fingerprint density at radius 3 is 1.30 bits per heavy atom. The predicted octanol–water partition coefficient (Wildman–Crippen LogP) is 6.34. The van der Waals surface area contributed by atoms with Gasteiger partial charge in [0.25, 0.3) is 0 Å². The first-order chi connectivity index (χ1) is 19.8. The summed E-state index contributed by atoms with van der Waals surface area (Å²) in [6, 6.07) is 40.4. The third kappa shape index (κ3) is 8.10. The van der Waals surface area contributed by atoms with Crippen LogP contribution in [0.2, 0.25) is 0 Å². The van der Waals surface area contributed by atoms with E-state index in [1.165, 1.54) is 0 Å². The molecule has 3 unspecified atom stereocenters. The molecule has 0 aromatic heterocycles. The van der Waals surface area contributed by atoms with Crippen molar-refractivity contribution in [2.45, 2.75) is 57.3 Å². The van der Waals surface area contributed by atoms with E-state index in [9.17, 15) is 5.11 Å². The number of hydrogen-bond acceptors (Lipinski definition) is 5. The second kappa shape index (κ2) is 14.9. The molecule has 1 saturated carbocycles. The van der Waals surface area contributed by atoms with Crippen molar-refractivity contribution in [2.75, 3.05) is 6.61 Å². The van der Waals surface area contributed by atoms with Crippen molar-refractivity contribution >= 4 is 0 Å². The first-order valence-corrected chi connectivity index (χ1v) is 14.0. The first-order valence-electron chi connectivity index (χ1n) is 14.0. The van der Waals surface area contributed by atoms with Gasteiger partial charge in [-0.2, -0.15) is 0 Å². The SMILES string of the molecule is O[C@H]1CC(COCc2ccccc2)C(OCc2ccccc2)[C@@H](OCc2ccccc2)C1OCc1ccccc1. The van der Waals surface area contributed by atoms with Gasteiger partial charge in [0.15, 0.2) is 0 Å². The summed E-state index contributed by atoms with van der Waals surface area (Å²) in [5, 5.41) is 11.4. The molecule has 1 fully saturated rings. The Kier molecular flexibility index (Phi) is 10.5. The Labute approximate surface area is 237 Å². The van der Waals surface area contributed by atoms with Crippen molar-refractivity contribution in [1.29, 1.82) is 0 Å². The van der Waals surface area contributed by atoms with E-state index < -0.39 is 18.3 Å². The summed E-state index contributed by atoms with van der Waals surface area (Å²) >= 11 is 0. The van der Waals surface area contributed by atoms with E-state index in [4.69, 9.17) is 18.9 Å². The number of rotatable bonds is 13. The highest BCUT2D eigenvalue weighted by Crippen LogP contribution is 2.34. The van der Waals surface area contributed by atoms with Crippen LogP contribution >= 0.6 is 0 Å². The third-order valence-corrected chi connectivity index (χ3v) is 7.33. The number of ether oxygens (including phenoxy) is 4. The second-order valence-corrected chi connectivity index (χ2v) is 10.3. The fourth-order valence-corrected chi connectivity index (χ4v) is 5.24. The summed E-state index contributed by atoms with van der Waals surface area (Å²) in [5.41, 5.74) is 4.30. The van der Waals surface area contributed by atoms with Crippen LogP contribution in [-0.4, -0.2) is 36.1 Å². The molecule has 0 heterocycles. The van der Waals surface area contributed by atoms with Gasteiger partial charge in [0, 0.05) is 5.92 Å². The van der Waals surface area contributed by atoms with E-state index in [0.717, 1.165) is 22.3 Å². The van der Waals surface area contributed by atoms with E-state index in [-0.39, 0.29) is 12.0 Å². The van der Waals surface area contributed by atoms with Crippen LogP contribution in [0.15, 0.2) is 121 Å². The molecule has 1 aliphatic rings. The van der Waals surface area contributed by atoms with Gasteiger partial charge in [0.1, 0.15) is 12.2 Å². The lowest BCUT2D eigenvalue weighted by molar-refractivity contribution is -0.224. The van der Waals surface area contributed by atoms with Gasteiger partial charge < -0.3 is 24.1 Å². The molecule has 0 saturated heterocycles. The molecule has 0 bridgehead atoms. The van der Waals surface area contributed by atoms with E-state index in [0.29, 0.717) is 39.5 Å². The topological polar surface area (TPSA) is 57.2 Å². The third-order valence-electron chi connectivity index (χ3n) is 7.33. The maximum absolute atomic E-state index is 11.4. The lowest BCUT2D eigenvalue weighted by atomic mass is 9.80. The molecule has 208 valence electrons. The molecule has 0 spiro atoms. The van der Waals surface area contributed by atoms with Crippen molar-refractivity contribution in [3.05, 3.63) is 144 Å². The van der Waals surface area contributed by atoms with Gasteiger partial charge in [0.2, 0.25) is 0 Å². The van der Waals surface area contributed by atoms with Crippen molar-refractivity contribution < 1.29 is 24.1 Å². The van der Waals surface area contributed by atoms with Crippen LogP contribution in [0.4, 0.5) is 0 Å². The van der Waals surface area contributed by atoms with Gasteiger partial charge in [-0.05, 0) is 28.7 Å². The van der Waals surface area contributed by atoms with Gasteiger partial charge >= 0.3 is 0 Å². The Hall–Kier alpha value is -3.32. The average molecular weight is 539 g/mol. The summed E-state index contributed by atoms with van der Waals surface area (Å²) < 4.78 is 25.8. The maximum atomic E-state index is 11.4. The summed E-state index contributed by atoms with van der Waals surface area (Å²) in [6.45, 7) is 2.16. The molecule has 4 aromatic carbocycles. The van der Waals surface area contributed by atoms with Crippen LogP contribution in [-0.2, 0) is 45.4 Å². The van der Waals surface area contributed by atoms with Crippen LogP contribution in [0.25, 0.3) is 0 Å². The smallest absolute Gasteiger partial charge is 0.113 e. The highest BCUT2D eigenvalue weighted by Gasteiger charge is 2.46. The highest BCUT2D eigenvalue weighted by molar-refractivity contribution is 5.16. The minimum absolute atomic E-state index is 0.0697. The number of benzene rings is 4. The standard InChI is InChI=1S/C35H38O5/c36-32-21-31(26-37-22-27-13-5-1-6-14-27)33(38-23-28-15-7-2-8-16-28)35(40-25-30-19-11-4-12-20-30)34(32)39-24-29-17-9-3-10-18-29/h1-20,31-36H,21-26H2/t31?,32-,33?,34?,35+/m0/s1. The lowest BCUT2D eigenvalue weighted by Gasteiger charge is -2.44. The zero-order valence-corrected chi connectivity index (χ0v) is 22.8. The fourth-order valence-electron chi connectivity index (χ4n) is 5.24. The minimum Gasteiger partial charge on any atom is -0.390 e. The Balaban J connectivity index is 1.36. The molecular formula is C35H38O5. The lowest BCUT2D eigenvalue weighted by Crippen LogP contribution is -2.57. The fraction of sp³-hybridized carbons (Fsp3) is 0.314. The van der Waals surface area contributed by atoms with Gasteiger partial charge in [-0.1, -0.05) is 121 Å². The normalized spacial score (nSPS) is 22.7. The molecule has 4 aromatic rings. The molecule has 0 radical (unpaired) electrons. The van der Waals surface area contributed by atoms with Crippen molar-refractivity contribution in [3.63, 3.8) is 0 Å². The van der Waals surface area contributed by atoms with Gasteiger partial charge in [-0.15, -0.1) is 0 Å². The number of aliphatic hydroxyl groups excluding tert-OH is 1. The van der Waals surface area contributed by atoms with Crippen LogP contribution in [0.5, 0.6) is 0 Å². The van der Waals surface area contributed by atoms with Crippen molar-refractivity contribution in [1.82, 2.24) is 0 Å². The van der Waals surface area contributed by atoms with E-state index >= 15 is 0 Å². The molecule has 0 amide bonds.